The lowest BCUT2D eigenvalue weighted by Gasteiger charge is -2.30. The van der Waals surface area contributed by atoms with Crippen LogP contribution in [0.1, 0.15) is 48.4 Å². The van der Waals surface area contributed by atoms with E-state index in [0.29, 0.717) is 11.1 Å². The first-order valence-corrected chi connectivity index (χ1v) is 5.85. The van der Waals surface area contributed by atoms with E-state index in [0.717, 1.165) is 6.29 Å². The van der Waals surface area contributed by atoms with Gasteiger partial charge >= 0.3 is 0 Å². The molecule has 0 aromatic heterocycles. The zero-order chi connectivity index (χ0) is 13.0. The number of aldehydes is 1. The second-order valence-electron chi connectivity index (χ2n) is 4.64. The SMILES string of the molecule is CC(C)N(C(=O)c1ccc(C=O)cc1)C(C)C. The van der Waals surface area contributed by atoms with Crippen LogP contribution < -0.4 is 0 Å². The third kappa shape index (κ3) is 3.16. The fraction of sp³-hybridized carbons (Fsp3) is 0.429. The number of hydrogen-bond acceptors (Lipinski definition) is 2. The molecule has 0 radical (unpaired) electrons. The lowest BCUT2D eigenvalue weighted by Crippen LogP contribution is -2.42. The Hall–Kier alpha value is -1.64. The zero-order valence-corrected chi connectivity index (χ0v) is 10.8. The summed E-state index contributed by atoms with van der Waals surface area (Å²) in [4.78, 5) is 24.6. The minimum absolute atomic E-state index is 0.00690. The molecule has 3 heteroatoms. The largest absolute Gasteiger partial charge is 0.334 e. The average molecular weight is 233 g/mol. The van der Waals surface area contributed by atoms with Crippen LogP contribution in [0.15, 0.2) is 24.3 Å². The normalized spacial score (nSPS) is 10.7. The monoisotopic (exact) mass is 233 g/mol. The molecule has 1 aromatic rings. The van der Waals surface area contributed by atoms with Gasteiger partial charge in [0, 0.05) is 23.2 Å². The van der Waals surface area contributed by atoms with Gasteiger partial charge in [-0.15, -0.1) is 0 Å². The topological polar surface area (TPSA) is 37.4 Å². The molecule has 1 rings (SSSR count). The summed E-state index contributed by atoms with van der Waals surface area (Å²) in [6.45, 7) is 7.99. The molecule has 0 aliphatic rings. The Bertz CT molecular complexity index is 385. The molecule has 0 spiro atoms. The van der Waals surface area contributed by atoms with Crippen molar-refractivity contribution in [3.63, 3.8) is 0 Å². The van der Waals surface area contributed by atoms with E-state index >= 15 is 0 Å². The predicted octanol–water partition coefficient (Wildman–Crippen LogP) is 2.76. The minimum Gasteiger partial charge on any atom is -0.334 e. The highest BCUT2D eigenvalue weighted by molar-refractivity contribution is 5.95. The van der Waals surface area contributed by atoms with E-state index in [-0.39, 0.29) is 18.0 Å². The van der Waals surface area contributed by atoms with Crippen molar-refractivity contribution in [2.75, 3.05) is 0 Å². The number of carbonyl (C=O) groups is 2. The molecule has 0 fully saturated rings. The van der Waals surface area contributed by atoms with Gasteiger partial charge in [-0.2, -0.15) is 0 Å². The molecular weight excluding hydrogens is 214 g/mol. The van der Waals surface area contributed by atoms with Gasteiger partial charge in [0.1, 0.15) is 6.29 Å². The van der Waals surface area contributed by atoms with Crippen LogP contribution in [0.4, 0.5) is 0 Å². The van der Waals surface area contributed by atoms with E-state index in [4.69, 9.17) is 0 Å². The summed E-state index contributed by atoms with van der Waals surface area (Å²) in [7, 11) is 0. The number of benzene rings is 1. The maximum absolute atomic E-state index is 12.3. The van der Waals surface area contributed by atoms with Gasteiger partial charge in [-0.25, -0.2) is 0 Å². The number of nitrogens with zero attached hydrogens (tertiary/aromatic N) is 1. The second-order valence-corrected chi connectivity index (χ2v) is 4.64. The molecular formula is C14H19NO2. The Balaban J connectivity index is 2.97. The van der Waals surface area contributed by atoms with Crippen molar-refractivity contribution in [3.8, 4) is 0 Å². The molecule has 0 aliphatic carbocycles. The zero-order valence-electron chi connectivity index (χ0n) is 10.8. The van der Waals surface area contributed by atoms with Crippen LogP contribution in [-0.2, 0) is 0 Å². The van der Waals surface area contributed by atoms with Crippen molar-refractivity contribution in [1.82, 2.24) is 4.90 Å². The first-order valence-electron chi connectivity index (χ1n) is 5.85. The summed E-state index contributed by atoms with van der Waals surface area (Å²) >= 11 is 0. The first-order chi connectivity index (χ1) is 7.97. The summed E-state index contributed by atoms with van der Waals surface area (Å²) < 4.78 is 0. The molecule has 1 amide bonds. The van der Waals surface area contributed by atoms with Crippen LogP contribution in [0.25, 0.3) is 0 Å². The maximum Gasteiger partial charge on any atom is 0.254 e. The Labute approximate surface area is 102 Å². The molecule has 3 nitrogen and oxygen atoms in total. The van der Waals surface area contributed by atoms with E-state index in [2.05, 4.69) is 0 Å². The Morgan fingerprint density at radius 2 is 1.53 bits per heavy atom. The van der Waals surface area contributed by atoms with Crippen molar-refractivity contribution in [2.45, 2.75) is 39.8 Å². The summed E-state index contributed by atoms with van der Waals surface area (Å²) in [6.07, 6.45) is 0.775. The Morgan fingerprint density at radius 3 is 1.88 bits per heavy atom. The number of rotatable bonds is 4. The van der Waals surface area contributed by atoms with Crippen LogP contribution in [0, 0.1) is 0 Å². The standard InChI is InChI=1S/C14H19NO2/c1-10(2)15(11(3)4)14(17)13-7-5-12(9-16)6-8-13/h5-11H,1-4H3. The molecule has 0 aliphatic heterocycles. The molecule has 0 bridgehead atoms. The maximum atomic E-state index is 12.3. The molecule has 0 atom stereocenters. The van der Waals surface area contributed by atoms with Crippen molar-refractivity contribution in [1.29, 1.82) is 0 Å². The van der Waals surface area contributed by atoms with Crippen LogP contribution in [-0.4, -0.2) is 29.2 Å². The lowest BCUT2D eigenvalue weighted by atomic mass is 10.1. The predicted molar refractivity (Wildman–Crippen MR) is 68.3 cm³/mol. The van der Waals surface area contributed by atoms with Crippen molar-refractivity contribution in [2.24, 2.45) is 0 Å². The highest BCUT2D eigenvalue weighted by Gasteiger charge is 2.21. The molecule has 1 aromatic carbocycles. The minimum atomic E-state index is 0.00690. The van der Waals surface area contributed by atoms with Crippen LogP contribution >= 0.6 is 0 Å². The highest BCUT2D eigenvalue weighted by atomic mass is 16.2. The number of carbonyl (C=O) groups excluding carboxylic acids is 2. The molecule has 0 saturated heterocycles. The highest BCUT2D eigenvalue weighted by Crippen LogP contribution is 2.12. The van der Waals surface area contributed by atoms with Gasteiger partial charge in [0.2, 0.25) is 0 Å². The summed E-state index contributed by atoms with van der Waals surface area (Å²) in [5.74, 6) is 0.00690. The van der Waals surface area contributed by atoms with Crippen LogP contribution in [0.2, 0.25) is 0 Å². The first kappa shape index (κ1) is 13.4. The number of hydrogen-bond donors (Lipinski definition) is 0. The van der Waals surface area contributed by atoms with Crippen LogP contribution in [0.3, 0.4) is 0 Å². The van der Waals surface area contributed by atoms with Crippen LogP contribution in [0.5, 0.6) is 0 Å². The molecule has 0 saturated carbocycles. The average Bonchev–Trinajstić information content (AvgIpc) is 2.28. The molecule has 0 heterocycles. The van der Waals surface area contributed by atoms with Crippen molar-refractivity contribution in [3.05, 3.63) is 35.4 Å². The third-order valence-corrected chi connectivity index (χ3v) is 2.64. The van der Waals surface area contributed by atoms with Gasteiger partial charge in [0.05, 0.1) is 0 Å². The fourth-order valence-electron chi connectivity index (χ4n) is 1.92. The summed E-state index contributed by atoms with van der Waals surface area (Å²) in [5, 5.41) is 0. The van der Waals surface area contributed by atoms with E-state index in [1.54, 1.807) is 24.3 Å². The summed E-state index contributed by atoms with van der Waals surface area (Å²) in [6, 6.07) is 7.05. The van der Waals surface area contributed by atoms with Gasteiger partial charge < -0.3 is 4.90 Å². The van der Waals surface area contributed by atoms with Gasteiger partial charge in [0.25, 0.3) is 5.91 Å². The third-order valence-electron chi connectivity index (χ3n) is 2.64. The molecule has 0 N–H and O–H groups in total. The Kier molecular flexibility index (Phi) is 4.44. The molecule has 92 valence electrons. The van der Waals surface area contributed by atoms with E-state index < -0.39 is 0 Å². The van der Waals surface area contributed by atoms with Gasteiger partial charge in [-0.3, -0.25) is 9.59 Å². The van der Waals surface area contributed by atoms with Gasteiger partial charge in [-0.1, -0.05) is 12.1 Å². The molecule has 0 unspecified atom stereocenters. The van der Waals surface area contributed by atoms with Crippen molar-refractivity contribution >= 4 is 12.2 Å². The lowest BCUT2D eigenvalue weighted by molar-refractivity contribution is 0.0643. The smallest absolute Gasteiger partial charge is 0.254 e. The quantitative estimate of drug-likeness (QED) is 0.750. The van der Waals surface area contributed by atoms with Gasteiger partial charge in [0.15, 0.2) is 0 Å². The molecule has 17 heavy (non-hydrogen) atoms. The Morgan fingerprint density at radius 1 is 1.06 bits per heavy atom. The fourth-order valence-corrected chi connectivity index (χ4v) is 1.92. The van der Waals surface area contributed by atoms with Gasteiger partial charge in [-0.05, 0) is 39.8 Å². The van der Waals surface area contributed by atoms with Crippen molar-refractivity contribution < 1.29 is 9.59 Å². The van der Waals surface area contributed by atoms with E-state index in [1.165, 1.54) is 0 Å². The summed E-state index contributed by atoms with van der Waals surface area (Å²) in [5.41, 5.74) is 1.21. The van der Waals surface area contributed by atoms with E-state index in [9.17, 15) is 9.59 Å². The second kappa shape index (κ2) is 5.62. The number of amides is 1. The van der Waals surface area contributed by atoms with E-state index in [1.807, 2.05) is 32.6 Å².